The van der Waals surface area contributed by atoms with E-state index in [1.165, 1.54) is 0 Å². The molecule has 0 aliphatic heterocycles. The Bertz CT molecular complexity index is 764. The number of H-pyrrole nitrogens is 1. The molecule has 1 heterocycles. The third kappa shape index (κ3) is 2.91. The number of fused-ring (bicyclic) bond motifs is 1. The van der Waals surface area contributed by atoms with E-state index in [4.69, 9.17) is 0 Å². The molecule has 7 heteroatoms. The lowest BCUT2D eigenvalue weighted by Gasteiger charge is -2.07. The van der Waals surface area contributed by atoms with Crippen molar-refractivity contribution in [2.45, 2.75) is 18.9 Å². The van der Waals surface area contributed by atoms with Crippen LogP contribution in [-0.2, 0) is 4.79 Å². The zero-order chi connectivity index (χ0) is 14.8. The SMILES string of the molecule is O=C(CNC(=O)c1n[nH]c(=O)c2ccccc12)NC1CC1. The molecule has 0 spiro atoms. The molecule has 0 saturated heterocycles. The Hall–Kier alpha value is -2.70. The number of nitrogens with zero attached hydrogens (tertiary/aromatic N) is 1. The van der Waals surface area contributed by atoms with Crippen LogP contribution in [0.15, 0.2) is 29.1 Å². The number of amides is 2. The fourth-order valence-electron chi connectivity index (χ4n) is 2.04. The van der Waals surface area contributed by atoms with E-state index in [0.29, 0.717) is 10.8 Å². The zero-order valence-electron chi connectivity index (χ0n) is 11.2. The molecular formula is C14H14N4O3. The molecule has 7 nitrogen and oxygen atoms in total. The standard InChI is InChI=1S/C14H14N4O3/c19-11(16-8-5-6-8)7-15-14(21)12-9-3-1-2-4-10(9)13(20)18-17-12/h1-4,8H,5-7H2,(H,15,21)(H,16,19)(H,18,20). The molecule has 1 aromatic heterocycles. The molecule has 0 atom stereocenters. The largest absolute Gasteiger partial charge is 0.352 e. The van der Waals surface area contributed by atoms with Gasteiger partial charge in [0.2, 0.25) is 5.91 Å². The first-order chi connectivity index (χ1) is 10.1. The molecule has 0 bridgehead atoms. The van der Waals surface area contributed by atoms with E-state index in [2.05, 4.69) is 20.8 Å². The molecule has 1 aliphatic rings. The minimum absolute atomic E-state index is 0.101. The summed E-state index contributed by atoms with van der Waals surface area (Å²) in [6, 6.07) is 6.95. The second-order valence-corrected chi connectivity index (χ2v) is 4.97. The van der Waals surface area contributed by atoms with Crippen LogP contribution in [0.2, 0.25) is 0 Å². The summed E-state index contributed by atoms with van der Waals surface area (Å²) in [6.07, 6.45) is 1.98. The van der Waals surface area contributed by atoms with Crippen LogP contribution in [0.25, 0.3) is 10.8 Å². The van der Waals surface area contributed by atoms with Crippen LogP contribution in [0, 0.1) is 0 Å². The van der Waals surface area contributed by atoms with Crippen LogP contribution < -0.4 is 16.2 Å². The molecule has 3 N–H and O–H groups in total. The van der Waals surface area contributed by atoms with Crippen LogP contribution in [-0.4, -0.2) is 34.6 Å². The maximum absolute atomic E-state index is 12.1. The molecule has 2 amide bonds. The smallest absolute Gasteiger partial charge is 0.272 e. The molecule has 3 rings (SSSR count). The van der Waals surface area contributed by atoms with Crippen molar-refractivity contribution in [1.29, 1.82) is 0 Å². The van der Waals surface area contributed by atoms with Crippen molar-refractivity contribution in [2.75, 3.05) is 6.54 Å². The fraction of sp³-hybridized carbons (Fsp3) is 0.286. The predicted octanol–water partition coefficient (Wildman–Crippen LogP) is -0.0685. The third-order valence-electron chi connectivity index (χ3n) is 3.26. The molecule has 0 radical (unpaired) electrons. The van der Waals surface area contributed by atoms with Gasteiger partial charge in [-0.3, -0.25) is 14.4 Å². The first kappa shape index (κ1) is 13.3. The number of nitrogens with one attached hydrogen (secondary N) is 3. The molecule has 108 valence electrons. The van der Waals surface area contributed by atoms with Crippen molar-refractivity contribution >= 4 is 22.6 Å². The van der Waals surface area contributed by atoms with Gasteiger partial charge in [-0.25, -0.2) is 5.10 Å². The molecule has 1 aliphatic carbocycles. The monoisotopic (exact) mass is 286 g/mol. The van der Waals surface area contributed by atoms with Gasteiger partial charge in [0.15, 0.2) is 5.69 Å². The van der Waals surface area contributed by atoms with Gasteiger partial charge in [-0.1, -0.05) is 18.2 Å². The van der Waals surface area contributed by atoms with E-state index >= 15 is 0 Å². The van der Waals surface area contributed by atoms with E-state index in [1.807, 2.05) is 0 Å². The summed E-state index contributed by atoms with van der Waals surface area (Å²) in [6.45, 7) is -0.107. The Labute approximate surface area is 119 Å². The van der Waals surface area contributed by atoms with Gasteiger partial charge in [0.1, 0.15) is 0 Å². The number of hydrogen-bond acceptors (Lipinski definition) is 4. The predicted molar refractivity (Wildman–Crippen MR) is 75.9 cm³/mol. The minimum atomic E-state index is -0.492. The summed E-state index contributed by atoms with van der Waals surface area (Å²) >= 11 is 0. The average Bonchev–Trinajstić information content (AvgIpc) is 3.29. The lowest BCUT2D eigenvalue weighted by atomic mass is 10.1. The van der Waals surface area contributed by atoms with Gasteiger partial charge in [-0.05, 0) is 18.9 Å². The summed E-state index contributed by atoms with van der Waals surface area (Å²) in [7, 11) is 0. The first-order valence-corrected chi connectivity index (χ1v) is 6.70. The topological polar surface area (TPSA) is 104 Å². The van der Waals surface area contributed by atoms with Crippen molar-refractivity contribution in [3.05, 3.63) is 40.3 Å². The van der Waals surface area contributed by atoms with E-state index in [-0.39, 0.29) is 29.7 Å². The molecule has 21 heavy (non-hydrogen) atoms. The van der Waals surface area contributed by atoms with Crippen LogP contribution >= 0.6 is 0 Å². The molecule has 2 aromatic rings. The van der Waals surface area contributed by atoms with Crippen LogP contribution in [0.3, 0.4) is 0 Å². The molecule has 0 unspecified atom stereocenters. The summed E-state index contributed by atoms with van der Waals surface area (Å²) in [5.74, 6) is -0.715. The number of hydrogen-bond donors (Lipinski definition) is 3. The summed E-state index contributed by atoms with van der Waals surface area (Å²) in [5.41, 5.74) is -0.252. The van der Waals surface area contributed by atoms with Gasteiger partial charge in [0.05, 0.1) is 11.9 Å². The lowest BCUT2D eigenvalue weighted by molar-refractivity contribution is -0.120. The summed E-state index contributed by atoms with van der Waals surface area (Å²) in [5, 5.41) is 12.2. The number of aromatic amines is 1. The summed E-state index contributed by atoms with van der Waals surface area (Å²) < 4.78 is 0. The van der Waals surface area contributed by atoms with Gasteiger partial charge in [0.25, 0.3) is 11.5 Å². The molecular weight excluding hydrogens is 272 g/mol. The van der Waals surface area contributed by atoms with E-state index < -0.39 is 5.91 Å². The minimum Gasteiger partial charge on any atom is -0.352 e. The van der Waals surface area contributed by atoms with Crippen LogP contribution in [0.1, 0.15) is 23.3 Å². The molecule has 1 fully saturated rings. The number of aromatic nitrogens is 2. The van der Waals surface area contributed by atoms with Crippen molar-refractivity contribution in [3.8, 4) is 0 Å². The van der Waals surface area contributed by atoms with Gasteiger partial charge in [-0.15, -0.1) is 0 Å². The highest BCUT2D eigenvalue weighted by atomic mass is 16.2. The third-order valence-corrected chi connectivity index (χ3v) is 3.26. The number of carbonyl (C=O) groups is 2. The lowest BCUT2D eigenvalue weighted by Crippen LogP contribution is -2.38. The Morgan fingerprint density at radius 2 is 1.95 bits per heavy atom. The summed E-state index contributed by atoms with van der Waals surface area (Å²) in [4.78, 5) is 35.3. The van der Waals surface area contributed by atoms with Crippen molar-refractivity contribution in [2.24, 2.45) is 0 Å². The second kappa shape index (κ2) is 5.35. The van der Waals surface area contributed by atoms with Gasteiger partial charge >= 0.3 is 0 Å². The second-order valence-electron chi connectivity index (χ2n) is 4.97. The zero-order valence-corrected chi connectivity index (χ0v) is 11.2. The quantitative estimate of drug-likeness (QED) is 0.732. The highest BCUT2D eigenvalue weighted by molar-refractivity contribution is 6.05. The van der Waals surface area contributed by atoms with Crippen LogP contribution in [0.5, 0.6) is 0 Å². The normalized spacial score (nSPS) is 13.9. The Kier molecular flexibility index (Phi) is 3.39. The van der Waals surface area contributed by atoms with E-state index in [9.17, 15) is 14.4 Å². The number of rotatable bonds is 4. The van der Waals surface area contributed by atoms with Crippen molar-refractivity contribution < 1.29 is 9.59 Å². The van der Waals surface area contributed by atoms with Gasteiger partial charge in [0, 0.05) is 11.4 Å². The van der Waals surface area contributed by atoms with Gasteiger partial charge < -0.3 is 10.6 Å². The van der Waals surface area contributed by atoms with E-state index in [1.54, 1.807) is 24.3 Å². The maximum atomic E-state index is 12.1. The Morgan fingerprint density at radius 3 is 2.67 bits per heavy atom. The van der Waals surface area contributed by atoms with E-state index in [0.717, 1.165) is 12.8 Å². The highest BCUT2D eigenvalue weighted by Crippen LogP contribution is 2.18. The fourth-order valence-corrected chi connectivity index (χ4v) is 2.04. The Balaban J connectivity index is 1.76. The maximum Gasteiger partial charge on any atom is 0.272 e. The van der Waals surface area contributed by atoms with Crippen molar-refractivity contribution in [1.82, 2.24) is 20.8 Å². The molecule has 1 saturated carbocycles. The first-order valence-electron chi connectivity index (χ1n) is 6.70. The van der Waals surface area contributed by atoms with Crippen molar-refractivity contribution in [3.63, 3.8) is 0 Å². The van der Waals surface area contributed by atoms with Gasteiger partial charge in [-0.2, -0.15) is 5.10 Å². The highest BCUT2D eigenvalue weighted by Gasteiger charge is 2.23. The number of carbonyl (C=O) groups excluding carboxylic acids is 2. The number of benzene rings is 1. The average molecular weight is 286 g/mol. The Morgan fingerprint density at radius 1 is 1.24 bits per heavy atom. The van der Waals surface area contributed by atoms with Crippen LogP contribution in [0.4, 0.5) is 0 Å². The molecule has 1 aromatic carbocycles.